The van der Waals surface area contributed by atoms with Crippen LogP contribution < -0.4 is 16.8 Å². The molecule has 7 nitrogen and oxygen atoms in total. The van der Waals surface area contributed by atoms with E-state index in [0.717, 1.165) is 30.0 Å². The predicted molar refractivity (Wildman–Crippen MR) is 75.0 cm³/mol. The van der Waals surface area contributed by atoms with Crippen molar-refractivity contribution in [3.63, 3.8) is 0 Å². The fourth-order valence-corrected chi connectivity index (χ4v) is 2.37. The summed E-state index contributed by atoms with van der Waals surface area (Å²) in [5, 5.41) is 7.10. The van der Waals surface area contributed by atoms with Gasteiger partial charge >= 0.3 is 0 Å². The molecular formula is C13H18N6O. The summed E-state index contributed by atoms with van der Waals surface area (Å²) >= 11 is 0. The molecule has 0 amide bonds. The van der Waals surface area contributed by atoms with Gasteiger partial charge in [-0.1, -0.05) is 5.16 Å². The zero-order valence-corrected chi connectivity index (χ0v) is 11.3. The number of hydrogen-bond donors (Lipinski definition) is 3. The first-order chi connectivity index (χ1) is 9.60. The predicted octanol–water partition coefficient (Wildman–Crippen LogP) is 1.17. The van der Waals surface area contributed by atoms with Gasteiger partial charge in [0.2, 0.25) is 5.95 Å². The highest BCUT2D eigenvalue weighted by Gasteiger charge is 2.29. The smallest absolute Gasteiger partial charge is 0.222 e. The number of rotatable bonds is 4. The summed E-state index contributed by atoms with van der Waals surface area (Å²) < 4.78 is 5.02. The summed E-state index contributed by atoms with van der Waals surface area (Å²) in [6, 6.07) is 4.09. The molecule has 5 N–H and O–H groups in total. The standard InChI is InChI=1S/C13H18N6O/c1-7-2-10(19-20-7)6-16-12-5-11(17-13(15)18-12)8-3-9(14)4-8/h2,5,8-9H,3-4,6,14H2,1H3,(H3,15,16,17,18). The molecule has 1 fully saturated rings. The lowest BCUT2D eigenvalue weighted by atomic mass is 9.78. The van der Waals surface area contributed by atoms with E-state index in [-0.39, 0.29) is 12.0 Å². The maximum atomic E-state index is 5.81. The zero-order chi connectivity index (χ0) is 14.1. The van der Waals surface area contributed by atoms with Gasteiger partial charge in [0.05, 0.1) is 12.2 Å². The average Bonchev–Trinajstić information content (AvgIpc) is 2.78. The van der Waals surface area contributed by atoms with Gasteiger partial charge in [-0.3, -0.25) is 0 Å². The van der Waals surface area contributed by atoms with Gasteiger partial charge in [-0.05, 0) is 19.8 Å². The van der Waals surface area contributed by atoms with E-state index in [2.05, 4.69) is 20.4 Å². The SMILES string of the molecule is Cc1cc(CNc2cc(C3CC(N)C3)nc(N)n2)no1. The summed E-state index contributed by atoms with van der Waals surface area (Å²) in [7, 11) is 0. The number of nitrogens with one attached hydrogen (secondary N) is 1. The Kier molecular flexibility index (Phi) is 3.27. The molecule has 0 saturated heterocycles. The van der Waals surface area contributed by atoms with Crippen LogP contribution in [0.5, 0.6) is 0 Å². The first kappa shape index (κ1) is 12.9. The second-order valence-corrected chi connectivity index (χ2v) is 5.25. The van der Waals surface area contributed by atoms with Crippen molar-refractivity contribution in [2.45, 2.75) is 38.3 Å². The topological polar surface area (TPSA) is 116 Å². The fraction of sp³-hybridized carbons (Fsp3) is 0.462. The molecule has 0 radical (unpaired) electrons. The Hall–Kier alpha value is -2.15. The molecule has 20 heavy (non-hydrogen) atoms. The number of aromatic nitrogens is 3. The molecule has 106 valence electrons. The molecule has 7 heteroatoms. The molecule has 1 aliphatic rings. The molecule has 1 aliphatic carbocycles. The molecule has 0 aliphatic heterocycles. The van der Waals surface area contributed by atoms with Gasteiger partial charge in [0, 0.05) is 24.1 Å². The van der Waals surface area contributed by atoms with Crippen molar-refractivity contribution in [3.05, 3.63) is 29.3 Å². The molecule has 3 rings (SSSR count). The largest absolute Gasteiger partial charge is 0.368 e. The van der Waals surface area contributed by atoms with Crippen LogP contribution in [0.3, 0.4) is 0 Å². The highest BCUT2D eigenvalue weighted by molar-refractivity contribution is 5.42. The van der Waals surface area contributed by atoms with Crippen molar-refractivity contribution >= 4 is 11.8 Å². The molecule has 0 atom stereocenters. The van der Waals surface area contributed by atoms with E-state index >= 15 is 0 Å². The third kappa shape index (κ3) is 2.72. The Morgan fingerprint density at radius 1 is 1.35 bits per heavy atom. The lowest BCUT2D eigenvalue weighted by Crippen LogP contribution is -2.35. The Bertz CT molecular complexity index is 605. The van der Waals surface area contributed by atoms with Crippen LogP contribution in [-0.4, -0.2) is 21.2 Å². The summed E-state index contributed by atoms with van der Waals surface area (Å²) in [5.74, 6) is 2.16. The normalized spacial score (nSPS) is 21.5. The molecule has 0 spiro atoms. The molecule has 2 heterocycles. The number of hydrogen-bond acceptors (Lipinski definition) is 7. The average molecular weight is 274 g/mol. The van der Waals surface area contributed by atoms with Crippen LogP contribution in [0.15, 0.2) is 16.7 Å². The van der Waals surface area contributed by atoms with Gasteiger partial charge in [0.15, 0.2) is 0 Å². The van der Waals surface area contributed by atoms with Crippen molar-refractivity contribution in [2.24, 2.45) is 5.73 Å². The Balaban J connectivity index is 1.69. The number of nitrogens with two attached hydrogens (primary N) is 2. The summed E-state index contributed by atoms with van der Waals surface area (Å²) in [6.07, 6.45) is 1.91. The summed E-state index contributed by atoms with van der Waals surface area (Å²) in [5.41, 5.74) is 13.3. The van der Waals surface area contributed by atoms with Crippen molar-refractivity contribution < 1.29 is 4.52 Å². The summed E-state index contributed by atoms with van der Waals surface area (Å²) in [4.78, 5) is 8.47. The van der Waals surface area contributed by atoms with Crippen LogP contribution in [0.4, 0.5) is 11.8 Å². The van der Waals surface area contributed by atoms with Crippen molar-refractivity contribution in [3.8, 4) is 0 Å². The van der Waals surface area contributed by atoms with Gasteiger partial charge in [-0.15, -0.1) is 0 Å². The third-order valence-corrected chi connectivity index (χ3v) is 3.48. The van der Waals surface area contributed by atoms with Gasteiger partial charge < -0.3 is 21.3 Å². The minimum Gasteiger partial charge on any atom is -0.368 e. The number of nitrogen functional groups attached to an aromatic ring is 1. The zero-order valence-electron chi connectivity index (χ0n) is 11.3. The van der Waals surface area contributed by atoms with Gasteiger partial charge in [0.25, 0.3) is 0 Å². The van der Waals surface area contributed by atoms with E-state index < -0.39 is 0 Å². The minimum atomic E-state index is 0.279. The molecule has 2 aromatic rings. The van der Waals surface area contributed by atoms with E-state index in [0.29, 0.717) is 18.3 Å². The Morgan fingerprint density at radius 3 is 2.80 bits per heavy atom. The summed E-state index contributed by atoms with van der Waals surface area (Å²) in [6.45, 7) is 2.40. The van der Waals surface area contributed by atoms with E-state index in [9.17, 15) is 0 Å². The molecule has 0 unspecified atom stereocenters. The van der Waals surface area contributed by atoms with Gasteiger partial charge in [0.1, 0.15) is 17.3 Å². The Morgan fingerprint density at radius 2 is 2.15 bits per heavy atom. The van der Waals surface area contributed by atoms with Gasteiger partial charge in [-0.25, -0.2) is 4.98 Å². The second-order valence-electron chi connectivity index (χ2n) is 5.25. The first-order valence-corrected chi connectivity index (χ1v) is 6.66. The molecule has 0 aromatic carbocycles. The Labute approximate surface area is 116 Å². The van der Waals surface area contributed by atoms with Crippen LogP contribution in [-0.2, 0) is 6.54 Å². The number of aryl methyl sites for hydroxylation is 1. The molecular weight excluding hydrogens is 256 g/mol. The first-order valence-electron chi connectivity index (χ1n) is 6.66. The van der Waals surface area contributed by atoms with Crippen LogP contribution in [0.25, 0.3) is 0 Å². The maximum absolute atomic E-state index is 5.81. The third-order valence-electron chi connectivity index (χ3n) is 3.48. The lowest BCUT2D eigenvalue weighted by molar-refractivity contribution is 0.345. The lowest BCUT2D eigenvalue weighted by Gasteiger charge is -2.32. The van der Waals surface area contributed by atoms with Gasteiger partial charge in [-0.2, -0.15) is 4.98 Å². The highest BCUT2D eigenvalue weighted by Crippen LogP contribution is 2.35. The molecule has 1 saturated carbocycles. The fourth-order valence-electron chi connectivity index (χ4n) is 2.37. The highest BCUT2D eigenvalue weighted by atomic mass is 16.5. The number of anilines is 2. The van der Waals surface area contributed by atoms with Crippen LogP contribution in [0.1, 0.15) is 35.9 Å². The molecule has 0 bridgehead atoms. The van der Waals surface area contributed by atoms with E-state index in [1.54, 1.807) is 0 Å². The van der Waals surface area contributed by atoms with Crippen molar-refractivity contribution in [1.29, 1.82) is 0 Å². The van der Waals surface area contributed by atoms with E-state index in [4.69, 9.17) is 16.0 Å². The van der Waals surface area contributed by atoms with E-state index in [1.165, 1.54) is 0 Å². The van der Waals surface area contributed by atoms with Crippen LogP contribution in [0, 0.1) is 6.92 Å². The molecule has 2 aromatic heterocycles. The number of nitrogens with zero attached hydrogens (tertiary/aromatic N) is 3. The van der Waals surface area contributed by atoms with Crippen molar-refractivity contribution in [1.82, 2.24) is 15.1 Å². The van der Waals surface area contributed by atoms with E-state index in [1.807, 2.05) is 19.1 Å². The quantitative estimate of drug-likeness (QED) is 0.766. The van der Waals surface area contributed by atoms with Crippen molar-refractivity contribution in [2.75, 3.05) is 11.1 Å². The maximum Gasteiger partial charge on any atom is 0.222 e. The van der Waals surface area contributed by atoms with Crippen LogP contribution >= 0.6 is 0 Å². The minimum absolute atomic E-state index is 0.279. The monoisotopic (exact) mass is 274 g/mol. The van der Waals surface area contributed by atoms with Crippen LogP contribution in [0.2, 0.25) is 0 Å². The second kappa shape index (κ2) is 5.09.